The number of nitrogens with one attached hydrogen (secondary N) is 1. The van der Waals surface area contributed by atoms with E-state index in [0.717, 1.165) is 0 Å². The Morgan fingerprint density at radius 3 is 2.60 bits per heavy atom. The standard InChI is InChI=1S/C9H11Cl2NO2S/c1-2-12-15(13,14)6-7-5-8(10)3-4-9(7)11/h3-5,12H,2,6H2,1H3. The number of hydrogen-bond donors (Lipinski definition) is 1. The number of rotatable bonds is 4. The highest BCUT2D eigenvalue weighted by atomic mass is 35.5. The van der Waals surface area contributed by atoms with Crippen molar-refractivity contribution < 1.29 is 8.42 Å². The second-order valence-electron chi connectivity index (χ2n) is 2.99. The SMILES string of the molecule is CCNS(=O)(=O)Cc1cc(Cl)ccc1Cl. The summed E-state index contributed by atoms with van der Waals surface area (Å²) in [7, 11) is -3.32. The molecule has 0 aliphatic rings. The molecule has 84 valence electrons. The first-order valence-electron chi connectivity index (χ1n) is 4.36. The molecule has 0 fully saturated rings. The lowest BCUT2D eigenvalue weighted by molar-refractivity contribution is 0.583. The first-order chi connectivity index (χ1) is 6.94. The van der Waals surface area contributed by atoms with E-state index in [2.05, 4.69) is 4.72 Å². The molecule has 1 aromatic rings. The van der Waals surface area contributed by atoms with Gasteiger partial charge in [-0.15, -0.1) is 0 Å². The van der Waals surface area contributed by atoms with Crippen molar-refractivity contribution >= 4 is 33.2 Å². The van der Waals surface area contributed by atoms with Crippen LogP contribution < -0.4 is 4.72 Å². The maximum absolute atomic E-state index is 11.5. The Balaban J connectivity index is 2.94. The summed E-state index contributed by atoms with van der Waals surface area (Å²) in [6.45, 7) is 2.08. The van der Waals surface area contributed by atoms with E-state index in [0.29, 0.717) is 22.2 Å². The molecule has 0 aromatic heterocycles. The van der Waals surface area contributed by atoms with Crippen LogP contribution in [-0.2, 0) is 15.8 Å². The zero-order valence-corrected chi connectivity index (χ0v) is 10.5. The summed E-state index contributed by atoms with van der Waals surface area (Å²) in [5.74, 6) is -0.153. The molecular weight excluding hydrogens is 257 g/mol. The van der Waals surface area contributed by atoms with E-state index in [1.54, 1.807) is 25.1 Å². The highest BCUT2D eigenvalue weighted by Gasteiger charge is 2.12. The summed E-state index contributed by atoms with van der Waals surface area (Å²) in [6, 6.07) is 4.76. The lowest BCUT2D eigenvalue weighted by Crippen LogP contribution is -2.24. The van der Waals surface area contributed by atoms with E-state index in [9.17, 15) is 8.42 Å². The Bertz CT molecular complexity index is 445. The second kappa shape index (κ2) is 5.16. The maximum atomic E-state index is 11.5. The fourth-order valence-electron chi connectivity index (χ4n) is 1.13. The summed E-state index contributed by atoms with van der Waals surface area (Å²) < 4.78 is 25.3. The van der Waals surface area contributed by atoms with Crippen LogP contribution in [0.5, 0.6) is 0 Å². The van der Waals surface area contributed by atoms with Crippen LogP contribution in [0.15, 0.2) is 18.2 Å². The normalized spacial score (nSPS) is 11.7. The molecule has 15 heavy (non-hydrogen) atoms. The highest BCUT2D eigenvalue weighted by molar-refractivity contribution is 7.88. The van der Waals surface area contributed by atoms with Crippen LogP contribution in [0.1, 0.15) is 12.5 Å². The molecule has 6 heteroatoms. The van der Waals surface area contributed by atoms with E-state index >= 15 is 0 Å². The molecule has 1 N–H and O–H groups in total. The summed E-state index contributed by atoms with van der Waals surface area (Å²) in [4.78, 5) is 0. The van der Waals surface area contributed by atoms with Crippen molar-refractivity contribution in [2.45, 2.75) is 12.7 Å². The smallest absolute Gasteiger partial charge is 0.215 e. The van der Waals surface area contributed by atoms with E-state index < -0.39 is 10.0 Å². The molecule has 0 heterocycles. The first-order valence-corrected chi connectivity index (χ1v) is 6.76. The van der Waals surface area contributed by atoms with Crippen LogP contribution in [0.4, 0.5) is 0 Å². The average Bonchev–Trinajstić information content (AvgIpc) is 2.10. The van der Waals surface area contributed by atoms with Crippen LogP contribution >= 0.6 is 23.2 Å². The molecule has 0 radical (unpaired) electrons. The van der Waals surface area contributed by atoms with E-state index in [4.69, 9.17) is 23.2 Å². The Morgan fingerprint density at radius 1 is 1.33 bits per heavy atom. The van der Waals surface area contributed by atoms with Crippen molar-refractivity contribution in [3.63, 3.8) is 0 Å². The maximum Gasteiger partial charge on any atom is 0.215 e. The van der Waals surface area contributed by atoms with Gasteiger partial charge in [0.1, 0.15) is 0 Å². The Labute approximate surface area is 99.4 Å². The van der Waals surface area contributed by atoms with Gasteiger partial charge in [0, 0.05) is 16.6 Å². The number of halogens is 2. The average molecular weight is 268 g/mol. The fourth-order valence-corrected chi connectivity index (χ4v) is 2.78. The van der Waals surface area contributed by atoms with Crippen molar-refractivity contribution in [2.75, 3.05) is 6.54 Å². The molecule has 1 rings (SSSR count). The van der Waals surface area contributed by atoms with Gasteiger partial charge in [0.25, 0.3) is 0 Å². The van der Waals surface area contributed by atoms with Crippen LogP contribution in [0.2, 0.25) is 10.0 Å². The quantitative estimate of drug-likeness (QED) is 0.911. The van der Waals surface area contributed by atoms with Gasteiger partial charge in [-0.25, -0.2) is 13.1 Å². The molecule has 0 aliphatic carbocycles. The zero-order chi connectivity index (χ0) is 11.5. The third-order valence-corrected chi connectivity index (χ3v) is 3.74. The summed E-state index contributed by atoms with van der Waals surface area (Å²) in [5, 5.41) is 0.877. The van der Waals surface area contributed by atoms with Crippen LogP contribution in [0.25, 0.3) is 0 Å². The Hall–Kier alpha value is -0.290. The van der Waals surface area contributed by atoms with Crippen molar-refractivity contribution in [1.82, 2.24) is 4.72 Å². The molecule has 0 bridgehead atoms. The van der Waals surface area contributed by atoms with E-state index in [1.807, 2.05) is 0 Å². The van der Waals surface area contributed by atoms with Crippen LogP contribution in [-0.4, -0.2) is 15.0 Å². The monoisotopic (exact) mass is 267 g/mol. The summed E-state index contributed by atoms with van der Waals surface area (Å²) >= 11 is 11.6. The minimum absolute atomic E-state index is 0.153. The van der Waals surface area contributed by atoms with E-state index in [-0.39, 0.29) is 5.75 Å². The molecule has 0 atom stereocenters. The molecule has 0 unspecified atom stereocenters. The highest BCUT2D eigenvalue weighted by Crippen LogP contribution is 2.22. The van der Waals surface area contributed by atoms with E-state index in [1.165, 1.54) is 0 Å². The van der Waals surface area contributed by atoms with Crippen molar-refractivity contribution in [3.8, 4) is 0 Å². The van der Waals surface area contributed by atoms with Gasteiger partial charge in [0.15, 0.2) is 0 Å². The molecule has 1 aromatic carbocycles. The molecule has 0 amide bonds. The predicted octanol–water partition coefficient (Wildman–Crippen LogP) is 2.43. The Kier molecular flexibility index (Phi) is 4.40. The number of sulfonamides is 1. The van der Waals surface area contributed by atoms with Gasteiger partial charge in [0.2, 0.25) is 10.0 Å². The second-order valence-corrected chi connectivity index (χ2v) is 5.64. The van der Waals surface area contributed by atoms with Gasteiger partial charge in [-0.3, -0.25) is 0 Å². The predicted molar refractivity (Wildman–Crippen MR) is 62.8 cm³/mol. The van der Waals surface area contributed by atoms with Crippen LogP contribution in [0, 0.1) is 0 Å². The Morgan fingerprint density at radius 2 is 2.00 bits per heavy atom. The van der Waals surface area contributed by atoms with Gasteiger partial charge in [-0.2, -0.15) is 0 Å². The van der Waals surface area contributed by atoms with Gasteiger partial charge in [-0.1, -0.05) is 30.1 Å². The van der Waals surface area contributed by atoms with Crippen LogP contribution in [0.3, 0.4) is 0 Å². The van der Waals surface area contributed by atoms with Gasteiger partial charge >= 0.3 is 0 Å². The number of hydrogen-bond acceptors (Lipinski definition) is 2. The topological polar surface area (TPSA) is 46.2 Å². The van der Waals surface area contributed by atoms with Gasteiger partial charge < -0.3 is 0 Å². The molecule has 0 saturated heterocycles. The fraction of sp³-hybridized carbons (Fsp3) is 0.333. The lowest BCUT2D eigenvalue weighted by atomic mass is 10.2. The molecular formula is C9H11Cl2NO2S. The molecule has 3 nitrogen and oxygen atoms in total. The minimum atomic E-state index is -3.32. The first kappa shape index (κ1) is 12.8. The van der Waals surface area contributed by atoms with Gasteiger partial charge in [0.05, 0.1) is 5.75 Å². The zero-order valence-electron chi connectivity index (χ0n) is 8.13. The molecule has 0 saturated carbocycles. The largest absolute Gasteiger partial charge is 0.215 e. The summed E-state index contributed by atoms with van der Waals surface area (Å²) in [5.41, 5.74) is 0.505. The van der Waals surface area contributed by atoms with Crippen molar-refractivity contribution in [1.29, 1.82) is 0 Å². The van der Waals surface area contributed by atoms with Crippen molar-refractivity contribution in [2.24, 2.45) is 0 Å². The molecule has 0 spiro atoms. The van der Waals surface area contributed by atoms with Crippen molar-refractivity contribution in [3.05, 3.63) is 33.8 Å². The molecule has 0 aliphatic heterocycles. The van der Waals surface area contributed by atoms with Gasteiger partial charge in [-0.05, 0) is 23.8 Å². The third kappa shape index (κ3) is 3.99. The minimum Gasteiger partial charge on any atom is -0.215 e. The summed E-state index contributed by atoms with van der Waals surface area (Å²) in [6.07, 6.45) is 0. The third-order valence-electron chi connectivity index (χ3n) is 1.72. The number of benzene rings is 1. The lowest BCUT2D eigenvalue weighted by Gasteiger charge is -2.06.